The first kappa shape index (κ1) is 16.0. The monoisotopic (exact) mass is 356 g/mol. The van der Waals surface area contributed by atoms with Crippen LogP contribution in [0.15, 0.2) is 12.7 Å². The molecule has 2 aromatic rings. The molecule has 3 aliphatic heterocycles. The Labute approximate surface area is 152 Å². The minimum atomic E-state index is 0.0735. The number of anilines is 1. The lowest BCUT2D eigenvalue weighted by atomic mass is 10.0. The van der Waals surface area contributed by atoms with E-state index in [1.165, 1.54) is 0 Å². The predicted octanol–water partition coefficient (Wildman–Crippen LogP) is 0.777. The van der Waals surface area contributed by atoms with E-state index in [0.29, 0.717) is 18.4 Å². The summed E-state index contributed by atoms with van der Waals surface area (Å²) in [5.41, 5.74) is 1.78. The Bertz CT molecular complexity index is 816. The third kappa shape index (κ3) is 2.46. The minimum absolute atomic E-state index is 0.0735. The number of nitrogens with zero attached hydrogens (tertiary/aromatic N) is 6. The zero-order valence-corrected chi connectivity index (χ0v) is 15.0. The van der Waals surface area contributed by atoms with Crippen LogP contribution in [0.4, 0.5) is 5.82 Å². The van der Waals surface area contributed by atoms with Crippen molar-refractivity contribution in [3.05, 3.63) is 12.7 Å². The van der Waals surface area contributed by atoms with Crippen molar-refractivity contribution in [3.8, 4) is 0 Å². The van der Waals surface area contributed by atoms with E-state index < -0.39 is 0 Å². The molecule has 5 rings (SSSR count). The van der Waals surface area contributed by atoms with Gasteiger partial charge in [-0.3, -0.25) is 4.79 Å². The molecule has 26 heavy (non-hydrogen) atoms. The van der Waals surface area contributed by atoms with Crippen molar-refractivity contribution < 1.29 is 9.53 Å². The molecule has 0 N–H and O–H groups in total. The van der Waals surface area contributed by atoms with E-state index in [1.54, 1.807) is 6.33 Å². The van der Waals surface area contributed by atoms with Gasteiger partial charge >= 0.3 is 0 Å². The molecule has 0 radical (unpaired) electrons. The first-order valence-electron chi connectivity index (χ1n) is 9.52. The van der Waals surface area contributed by atoms with Gasteiger partial charge < -0.3 is 19.1 Å². The largest absolute Gasteiger partial charge is 0.381 e. The summed E-state index contributed by atoms with van der Waals surface area (Å²) >= 11 is 0. The molecule has 3 fully saturated rings. The van der Waals surface area contributed by atoms with Crippen molar-refractivity contribution in [3.63, 3.8) is 0 Å². The van der Waals surface area contributed by atoms with Gasteiger partial charge in [-0.25, -0.2) is 15.0 Å². The van der Waals surface area contributed by atoms with Gasteiger partial charge in [-0.05, 0) is 13.3 Å². The van der Waals surface area contributed by atoms with E-state index in [2.05, 4.69) is 31.7 Å². The number of hydrogen-bond acceptors (Lipinski definition) is 6. The van der Waals surface area contributed by atoms with E-state index in [-0.39, 0.29) is 11.8 Å². The highest BCUT2D eigenvalue weighted by Crippen LogP contribution is 2.36. The van der Waals surface area contributed by atoms with Crippen LogP contribution in [0.5, 0.6) is 0 Å². The number of amides is 1. The number of hydrogen-bond donors (Lipinski definition) is 0. The van der Waals surface area contributed by atoms with Crippen LogP contribution in [0.25, 0.3) is 11.2 Å². The third-order valence-corrected chi connectivity index (χ3v) is 6.10. The quantitative estimate of drug-likeness (QED) is 0.809. The zero-order valence-electron chi connectivity index (χ0n) is 15.0. The fraction of sp³-hybridized carbons (Fsp3) is 0.667. The van der Waals surface area contributed by atoms with Crippen LogP contribution in [0.2, 0.25) is 0 Å². The van der Waals surface area contributed by atoms with Gasteiger partial charge in [0.15, 0.2) is 17.0 Å². The highest BCUT2D eigenvalue weighted by Gasteiger charge is 2.44. The predicted molar refractivity (Wildman–Crippen MR) is 95.7 cm³/mol. The summed E-state index contributed by atoms with van der Waals surface area (Å²) in [4.78, 5) is 30.5. The summed E-state index contributed by atoms with van der Waals surface area (Å²) in [6.45, 7) is 7.82. The van der Waals surface area contributed by atoms with Gasteiger partial charge in [0.1, 0.15) is 6.33 Å². The molecule has 3 unspecified atom stereocenters. The molecule has 138 valence electrons. The van der Waals surface area contributed by atoms with Crippen molar-refractivity contribution in [2.45, 2.75) is 19.9 Å². The Balaban J connectivity index is 1.31. The Morgan fingerprint density at radius 3 is 2.69 bits per heavy atom. The third-order valence-electron chi connectivity index (χ3n) is 6.10. The molecule has 3 atom stereocenters. The number of aryl methyl sites for hydroxylation is 1. The van der Waals surface area contributed by atoms with Gasteiger partial charge in [-0.2, -0.15) is 0 Å². The van der Waals surface area contributed by atoms with Crippen molar-refractivity contribution in [1.82, 2.24) is 24.4 Å². The molecule has 1 amide bonds. The molecule has 8 nitrogen and oxygen atoms in total. The summed E-state index contributed by atoms with van der Waals surface area (Å²) < 4.78 is 7.42. The van der Waals surface area contributed by atoms with E-state index in [0.717, 1.165) is 62.7 Å². The lowest BCUT2D eigenvalue weighted by molar-refractivity contribution is -0.134. The fourth-order valence-corrected chi connectivity index (χ4v) is 4.66. The molecular weight excluding hydrogens is 332 g/mol. The molecular formula is C18H24N6O2. The van der Waals surface area contributed by atoms with Gasteiger partial charge in [0.2, 0.25) is 5.91 Å². The van der Waals surface area contributed by atoms with Crippen molar-refractivity contribution >= 4 is 22.9 Å². The van der Waals surface area contributed by atoms with Crippen LogP contribution in [-0.4, -0.2) is 69.7 Å². The maximum atomic E-state index is 12.6. The van der Waals surface area contributed by atoms with Gasteiger partial charge in [-0.1, -0.05) is 0 Å². The van der Waals surface area contributed by atoms with E-state index in [9.17, 15) is 4.79 Å². The van der Waals surface area contributed by atoms with Crippen molar-refractivity contribution in [1.29, 1.82) is 0 Å². The Morgan fingerprint density at radius 2 is 2.00 bits per heavy atom. The summed E-state index contributed by atoms with van der Waals surface area (Å²) in [7, 11) is 0. The second-order valence-electron chi connectivity index (χ2n) is 7.63. The average Bonchev–Trinajstić information content (AvgIpc) is 3.42. The van der Waals surface area contributed by atoms with Crippen LogP contribution in [0, 0.1) is 17.8 Å². The van der Waals surface area contributed by atoms with Gasteiger partial charge in [0, 0.05) is 51.2 Å². The second kappa shape index (κ2) is 6.19. The smallest absolute Gasteiger partial charge is 0.228 e. The highest BCUT2D eigenvalue weighted by molar-refractivity contribution is 5.83. The lowest BCUT2D eigenvalue weighted by Crippen LogP contribution is -2.37. The Kier molecular flexibility index (Phi) is 3.81. The van der Waals surface area contributed by atoms with Gasteiger partial charge in [0.25, 0.3) is 0 Å². The Morgan fingerprint density at radius 1 is 1.19 bits per heavy atom. The van der Waals surface area contributed by atoms with Gasteiger partial charge in [0.05, 0.1) is 18.9 Å². The number of likely N-dealkylation sites (tertiary alicyclic amines) is 1. The molecule has 8 heteroatoms. The molecule has 2 aromatic heterocycles. The maximum absolute atomic E-state index is 12.6. The van der Waals surface area contributed by atoms with Crippen LogP contribution in [0.3, 0.4) is 0 Å². The molecule has 0 aliphatic carbocycles. The molecule has 3 aliphatic rings. The number of carbonyl (C=O) groups is 1. The molecule has 0 bridgehead atoms. The molecule has 0 aromatic carbocycles. The molecule has 0 saturated carbocycles. The molecule has 0 spiro atoms. The average molecular weight is 356 g/mol. The van der Waals surface area contributed by atoms with Crippen LogP contribution in [-0.2, 0) is 16.1 Å². The summed E-state index contributed by atoms with van der Waals surface area (Å²) in [5.74, 6) is 2.32. The zero-order chi connectivity index (χ0) is 17.7. The van der Waals surface area contributed by atoms with Crippen molar-refractivity contribution in [2.24, 2.45) is 17.8 Å². The Hall–Kier alpha value is -2.22. The number of rotatable bonds is 3. The molecule has 3 saturated heterocycles. The van der Waals surface area contributed by atoms with E-state index >= 15 is 0 Å². The summed E-state index contributed by atoms with van der Waals surface area (Å²) in [5, 5.41) is 0. The van der Waals surface area contributed by atoms with Crippen LogP contribution >= 0.6 is 0 Å². The lowest BCUT2D eigenvalue weighted by Gasteiger charge is -2.24. The minimum Gasteiger partial charge on any atom is -0.381 e. The number of imidazole rings is 1. The first-order valence-corrected chi connectivity index (χ1v) is 9.52. The SMILES string of the molecule is CCn1cnc2c(N3CC4CN(C(=O)C5CCOC5)CC4C3)ncnc21. The fourth-order valence-electron chi connectivity index (χ4n) is 4.66. The second-order valence-corrected chi connectivity index (χ2v) is 7.63. The van der Waals surface area contributed by atoms with Crippen LogP contribution in [0.1, 0.15) is 13.3 Å². The maximum Gasteiger partial charge on any atom is 0.228 e. The van der Waals surface area contributed by atoms with Crippen molar-refractivity contribution in [2.75, 3.05) is 44.3 Å². The van der Waals surface area contributed by atoms with Crippen LogP contribution < -0.4 is 4.90 Å². The summed E-state index contributed by atoms with van der Waals surface area (Å²) in [6.07, 6.45) is 4.34. The highest BCUT2D eigenvalue weighted by atomic mass is 16.5. The van der Waals surface area contributed by atoms with E-state index in [1.807, 2.05) is 10.9 Å². The van der Waals surface area contributed by atoms with E-state index in [4.69, 9.17) is 4.74 Å². The summed E-state index contributed by atoms with van der Waals surface area (Å²) in [6, 6.07) is 0. The normalized spacial score (nSPS) is 28.3. The number of fused-ring (bicyclic) bond motifs is 2. The number of aromatic nitrogens is 4. The standard InChI is InChI=1S/C18H24N6O2/c1-2-22-11-21-15-16(22)19-10-20-17(15)23-5-13-7-24(8-14(13)6-23)18(25)12-3-4-26-9-12/h10-14H,2-9H2,1H3. The van der Waals surface area contributed by atoms with Gasteiger partial charge in [-0.15, -0.1) is 0 Å². The topological polar surface area (TPSA) is 76.4 Å². The molecule has 5 heterocycles. The number of ether oxygens (including phenoxy) is 1. The first-order chi connectivity index (χ1) is 12.7. The number of carbonyl (C=O) groups excluding carboxylic acids is 1.